The third kappa shape index (κ3) is 5.39. The number of allylic oxidation sites excluding steroid dienone is 1. The number of hydrogen-bond donors (Lipinski definition) is 1. The third-order valence-electron chi connectivity index (χ3n) is 5.81. The lowest BCUT2D eigenvalue weighted by molar-refractivity contribution is -0.122. The van der Waals surface area contributed by atoms with Gasteiger partial charge in [-0.25, -0.2) is 9.69 Å². The van der Waals surface area contributed by atoms with Gasteiger partial charge in [0.25, 0.3) is 11.8 Å². The summed E-state index contributed by atoms with van der Waals surface area (Å²) in [5, 5.41) is 2.88. The highest BCUT2D eigenvalue weighted by atomic mass is 35.5. The maximum Gasteiger partial charge on any atom is 0.335 e. The molecule has 0 aliphatic carbocycles. The summed E-state index contributed by atoms with van der Waals surface area (Å²) in [5.41, 5.74) is 3.63. The molecule has 36 heavy (non-hydrogen) atoms. The lowest BCUT2D eigenvalue weighted by atomic mass is 10.0. The molecule has 1 fully saturated rings. The van der Waals surface area contributed by atoms with Crippen molar-refractivity contribution in [2.24, 2.45) is 0 Å². The van der Waals surface area contributed by atoms with E-state index in [1.807, 2.05) is 43.3 Å². The van der Waals surface area contributed by atoms with E-state index in [0.29, 0.717) is 35.1 Å². The molecule has 4 rings (SSSR count). The van der Waals surface area contributed by atoms with Gasteiger partial charge in [-0.05, 0) is 65.9 Å². The zero-order valence-corrected chi connectivity index (χ0v) is 20.5. The Morgan fingerprint density at radius 2 is 1.75 bits per heavy atom. The average molecular weight is 501 g/mol. The minimum absolute atomic E-state index is 0.136. The monoisotopic (exact) mass is 500 g/mol. The molecule has 0 atom stereocenters. The second kappa shape index (κ2) is 11.1. The maximum absolute atomic E-state index is 13.2. The van der Waals surface area contributed by atoms with Gasteiger partial charge in [0.2, 0.25) is 0 Å². The van der Waals surface area contributed by atoms with Crippen LogP contribution in [0, 0.1) is 0 Å². The molecule has 3 aromatic rings. The van der Waals surface area contributed by atoms with Gasteiger partial charge in [-0.3, -0.25) is 14.9 Å². The standard InChI is InChI=1S/C29H25ClN2O4/c1-3-7-21-16-20(12-15-26(21)36-18-22-8-5-6-9-25(22)30)17-24-27(33)31-29(35)32(28(24)34)23-13-10-19(4-2)11-14-23/h3,5-6,8-17H,1,4,7,18H2,2H3,(H,31,33,35)/b24-17-. The number of ether oxygens (including phenoxy) is 1. The molecule has 0 saturated carbocycles. The van der Waals surface area contributed by atoms with E-state index in [1.54, 1.807) is 36.4 Å². The van der Waals surface area contributed by atoms with Gasteiger partial charge >= 0.3 is 6.03 Å². The molecule has 0 bridgehead atoms. The summed E-state index contributed by atoms with van der Waals surface area (Å²) >= 11 is 6.23. The molecule has 0 aromatic heterocycles. The van der Waals surface area contributed by atoms with E-state index in [9.17, 15) is 14.4 Å². The van der Waals surface area contributed by atoms with Crippen molar-refractivity contribution in [3.63, 3.8) is 0 Å². The molecule has 0 unspecified atom stereocenters. The number of hydrogen-bond acceptors (Lipinski definition) is 4. The first kappa shape index (κ1) is 24.9. The van der Waals surface area contributed by atoms with E-state index < -0.39 is 17.8 Å². The Morgan fingerprint density at radius 1 is 1.00 bits per heavy atom. The van der Waals surface area contributed by atoms with Gasteiger partial charge < -0.3 is 4.74 Å². The predicted octanol–water partition coefficient (Wildman–Crippen LogP) is 5.88. The minimum atomic E-state index is -0.776. The van der Waals surface area contributed by atoms with Crippen LogP contribution in [0.15, 0.2) is 85.0 Å². The Morgan fingerprint density at radius 3 is 2.44 bits per heavy atom. The lowest BCUT2D eigenvalue weighted by Gasteiger charge is -2.26. The predicted molar refractivity (Wildman–Crippen MR) is 141 cm³/mol. The second-order valence-corrected chi connectivity index (χ2v) is 8.63. The number of rotatable bonds is 8. The molecule has 1 saturated heterocycles. The Hall–Kier alpha value is -4.16. The smallest absolute Gasteiger partial charge is 0.335 e. The van der Waals surface area contributed by atoms with Crippen molar-refractivity contribution < 1.29 is 19.1 Å². The number of aryl methyl sites for hydroxylation is 1. The molecule has 4 amide bonds. The molecule has 1 aliphatic rings. The highest BCUT2D eigenvalue weighted by Crippen LogP contribution is 2.27. The van der Waals surface area contributed by atoms with E-state index in [-0.39, 0.29) is 5.57 Å². The SMILES string of the molecule is C=CCc1cc(/C=C2/C(=O)NC(=O)N(c3ccc(CC)cc3)C2=O)ccc1OCc1ccccc1Cl. The number of imide groups is 2. The Kier molecular flexibility index (Phi) is 7.66. The molecule has 1 heterocycles. The number of carbonyl (C=O) groups excluding carboxylic acids is 3. The number of halogens is 1. The molecule has 0 radical (unpaired) electrons. The van der Waals surface area contributed by atoms with Crippen LogP contribution in [0.25, 0.3) is 6.08 Å². The van der Waals surface area contributed by atoms with Gasteiger partial charge in [-0.15, -0.1) is 6.58 Å². The summed E-state index contributed by atoms with van der Waals surface area (Å²) in [6.07, 6.45) is 4.56. The topological polar surface area (TPSA) is 75.7 Å². The first-order valence-electron chi connectivity index (χ1n) is 11.5. The summed E-state index contributed by atoms with van der Waals surface area (Å²) in [4.78, 5) is 39.2. The maximum atomic E-state index is 13.2. The van der Waals surface area contributed by atoms with Crippen LogP contribution >= 0.6 is 11.6 Å². The molecule has 3 aromatic carbocycles. The van der Waals surface area contributed by atoms with Gasteiger partial charge in [0.1, 0.15) is 17.9 Å². The third-order valence-corrected chi connectivity index (χ3v) is 6.17. The molecule has 6 nitrogen and oxygen atoms in total. The normalized spacial score (nSPS) is 14.7. The minimum Gasteiger partial charge on any atom is -0.489 e. The second-order valence-electron chi connectivity index (χ2n) is 8.22. The van der Waals surface area contributed by atoms with Crippen molar-refractivity contribution >= 4 is 41.2 Å². The van der Waals surface area contributed by atoms with Crippen molar-refractivity contribution in [3.8, 4) is 5.75 Å². The number of urea groups is 1. The number of barbiturate groups is 1. The Bertz CT molecular complexity index is 1360. The van der Waals surface area contributed by atoms with Gasteiger partial charge in [-0.1, -0.05) is 61.0 Å². The number of amides is 4. The van der Waals surface area contributed by atoms with E-state index >= 15 is 0 Å². The molecular weight excluding hydrogens is 476 g/mol. The van der Waals surface area contributed by atoms with Gasteiger partial charge in [0.15, 0.2) is 0 Å². The zero-order chi connectivity index (χ0) is 25.7. The van der Waals surface area contributed by atoms with Crippen LogP contribution in [-0.2, 0) is 29.0 Å². The number of carbonyl (C=O) groups is 3. The van der Waals surface area contributed by atoms with Crippen LogP contribution in [-0.4, -0.2) is 17.8 Å². The quantitative estimate of drug-likeness (QED) is 0.238. The van der Waals surface area contributed by atoms with E-state index in [2.05, 4.69) is 11.9 Å². The summed E-state index contributed by atoms with van der Waals surface area (Å²) in [6, 6.07) is 19.1. The summed E-state index contributed by atoms with van der Waals surface area (Å²) in [5.74, 6) is -0.780. The number of nitrogens with zero attached hydrogens (tertiary/aromatic N) is 1. The first-order chi connectivity index (χ1) is 17.4. The molecule has 1 N–H and O–H groups in total. The van der Waals surface area contributed by atoms with Crippen LogP contribution in [0.3, 0.4) is 0 Å². The van der Waals surface area contributed by atoms with Gasteiger partial charge in [-0.2, -0.15) is 0 Å². The molecule has 1 aliphatic heterocycles. The summed E-state index contributed by atoms with van der Waals surface area (Å²) in [6.45, 7) is 6.11. The van der Waals surface area contributed by atoms with Crippen LogP contribution in [0.4, 0.5) is 10.5 Å². The summed E-state index contributed by atoms with van der Waals surface area (Å²) < 4.78 is 6.00. The molecule has 0 spiro atoms. The van der Waals surface area contributed by atoms with E-state index in [4.69, 9.17) is 16.3 Å². The van der Waals surface area contributed by atoms with Crippen molar-refractivity contribution in [2.75, 3.05) is 4.90 Å². The van der Waals surface area contributed by atoms with E-state index in [0.717, 1.165) is 28.0 Å². The fourth-order valence-corrected chi connectivity index (χ4v) is 4.05. The zero-order valence-electron chi connectivity index (χ0n) is 19.8. The highest BCUT2D eigenvalue weighted by molar-refractivity contribution is 6.39. The summed E-state index contributed by atoms with van der Waals surface area (Å²) in [7, 11) is 0. The fourth-order valence-electron chi connectivity index (χ4n) is 3.86. The van der Waals surface area contributed by atoms with Crippen molar-refractivity contribution in [1.82, 2.24) is 5.32 Å². The molecule has 7 heteroatoms. The van der Waals surface area contributed by atoms with Gasteiger partial charge in [0, 0.05) is 10.6 Å². The van der Waals surface area contributed by atoms with Crippen molar-refractivity contribution in [2.45, 2.75) is 26.4 Å². The highest BCUT2D eigenvalue weighted by Gasteiger charge is 2.36. The van der Waals surface area contributed by atoms with Crippen molar-refractivity contribution in [3.05, 3.63) is 112 Å². The van der Waals surface area contributed by atoms with Crippen LogP contribution in [0.5, 0.6) is 5.75 Å². The largest absolute Gasteiger partial charge is 0.489 e. The van der Waals surface area contributed by atoms with Crippen LogP contribution < -0.4 is 15.0 Å². The fraction of sp³-hybridized carbons (Fsp3) is 0.138. The lowest BCUT2D eigenvalue weighted by Crippen LogP contribution is -2.54. The average Bonchev–Trinajstić information content (AvgIpc) is 2.87. The van der Waals surface area contributed by atoms with Gasteiger partial charge in [0.05, 0.1) is 5.69 Å². The van der Waals surface area contributed by atoms with Crippen molar-refractivity contribution in [1.29, 1.82) is 0 Å². The van der Waals surface area contributed by atoms with Crippen LogP contribution in [0.1, 0.15) is 29.2 Å². The first-order valence-corrected chi connectivity index (χ1v) is 11.9. The Balaban J connectivity index is 1.61. The molecular formula is C29H25ClN2O4. The van der Waals surface area contributed by atoms with Crippen LogP contribution in [0.2, 0.25) is 5.02 Å². The number of benzene rings is 3. The molecule has 182 valence electrons. The number of nitrogens with one attached hydrogen (secondary N) is 1. The number of anilines is 1. The van der Waals surface area contributed by atoms with E-state index in [1.165, 1.54) is 6.08 Å². The Labute approximate surface area is 214 Å².